The molecule has 2 heterocycles. The number of carbonyl (C=O) groups excluding carboxylic acids is 1. The number of benzene rings is 1. The molecule has 5 heteroatoms. The quantitative estimate of drug-likeness (QED) is 0.927. The maximum Gasteiger partial charge on any atom is 0.228 e. The van der Waals surface area contributed by atoms with Gasteiger partial charge in [-0.25, -0.2) is 0 Å². The number of rotatable bonds is 4. The zero-order chi connectivity index (χ0) is 17.2. The van der Waals surface area contributed by atoms with Crippen LogP contribution in [0.25, 0.3) is 0 Å². The zero-order valence-electron chi connectivity index (χ0n) is 14.8. The largest absolute Gasteiger partial charge is 0.372 e. The first-order valence-corrected chi connectivity index (χ1v) is 9.35. The van der Waals surface area contributed by atoms with Crippen molar-refractivity contribution in [2.75, 3.05) is 23.3 Å². The number of anilines is 2. The molecule has 25 heavy (non-hydrogen) atoms. The van der Waals surface area contributed by atoms with Crippen LogP contribution >= 0.6 is 0 Å². The molecule has 1 saturated carbocycles. The van der Waals surface area contributed by atoms with Crippen LogP contribution in [0.2, 0.25) is 0 Å². The Bertz CT molecular complexity index is 728. The second-order valence-electron chi connectivity index (χ2n) is 7.33. The fourth-order valence-electron chi connectivity index (χ4n) is 3.80. The van der Waals surface area contributed by atoms with Crippen molar-refractivity contribution in [3.63, 3.8) is 0 Å². The Kier molecular flexibility index (Phi) is 4.47. The summed E-state index contributed by atoms with van der Waals surface area (Å²) in [6.45, 7) is 2.28. The number of amides is 1. The highest BCUT2D eigenvalue weighted by atomic mass is 16.2. The van der Waals surface area contributed by atoms with E-state index in [0.717, 1.165) is 25.2 Å². The Morgan fingerprint density at radius 1 is 1.12 bits per heavy atom. The van der Waals surface area contributed by atoms with Gasteiger partial charge in [0, 0.05) is 43.6 Å². The van der Waals surface area contributed by atoms with Crippen LogP contribution < -0.4 is 10.2 Å². The van der Waals surface area contributed by atoms with E-state index in [0.29, 0.717) is 5.92 Å². The fourth-order valence-corrected chi connectivity index (χ4v) is 3.80. The van der Waals surface area contributed by atoms with Crippen LogP contribution in [0.5, 0.6) is 0 Å². The molecule has 1 aliphatic heterocycles. The minimum atomic E-state index is 0.0782. The highest BCUT2D eigenvalue weighted by Crippen LogP contribution is 2.47. The Hall–Kier alpha value is -2.30. The van der Waals surface area contributed by atoms with Crippen molar-refractivity contribution in [1.29, 1.82) is 0 Å². The Balaban J connectivity index is 1.34. The van der Waals surface area contributed by atoms with Crippen LogP contribution in [-0.2, 0) is 11.8 Å². The predicted molar refractivity (Wildman–Crippen MR) is 99.8 cm³/mol. The monoisotopic (exact) mass is 338 g/mol. The van der Waals surface area contributed by atoms with Crippen LogP contribution in [-0.4, -0.2) is 28.8 Å². The molecule has 1 aromatic heterocycles. The van der Waals surface area contributed by atoms with E-state index in [9.17, 15) is 4.79 Å². The topological polar surface area (TPSA) is 50.2 Å². The van der Waals surface area contributed by atoms with E-state index in [1.165, 1.54) is 36.9 Å². The molecular formula is C20H26N4O. The summed E-state index contributed by atoms with van der Waals surface area (Å²) in [7, 11) is 1.91. The molecule has 2 aromatic rings. The smallest absolute Gasteiger partial charge is 0.228 e. The van der Waals surface area contributed by atoms with E-state index in [2.05, 4.69) is 27.4 Å². The molecule has 132 valence electrons. The molecule has 2 aliphatic rings. The lowest BCUT2D eigenvalue weighted by Crippen LogP contribution is -2.23. The maximum atomic E-state index is 12.4. The number of hydrogen-bond acceptors (Lipinski definition) is 3. The van der Waals surface area contributed by atoms with Crippen LogP contribution in [0, 0.1) is 5.92 Å². The molecule has 0 radical (unpaired) electrons. The van der Waals surface area contributed by atoms with Gasteiger partial charge in [0.1, 0.15) is 0 Å². The number of aryl methyl sites for hydroxylation is 1. The molecule has 1 aliphatic carbocycles. The minimum Gasteiger partial charge on any atom is -0.372 e. The van der Waals surface area contributed by atoms with Crippen LogP contribution in [0.4, 0.5) is 11.4 Å². The summed E-state index contributed by atoms with van der Waals surface area (Å²) in [4.78, 5) is 14.9. The van der Waals surface area contributed by atoms with Crippen molar-refractivity contribution >= 4 is 17.3 Å². The molecular weight excluding hydrogens is 312 g/mol. The van der Waals surface area contributed by atoms with Crippen molar-refractivity contribution in [2.24, 2.45) is 13.0 Å². The van der Waals surface area contributed by atoms with E-state index >= 15 is 0 Å². The van der Waals surface area contributed by atoms with E-state index in [4.69, 9.17) is 0 Å². The summed E-state index contributed by atoms with van der Waals surface area (Å²) in [6, 6.07) is 8.32. The van der Waals surface area contributed by atoms with Crippen LogP contribution in [0.1, 0.15) is 43.6 Å². The molecule has 2 fully saturated rings. The standard InChI is InChI=1S/C20H26N4O/c1-23-14-15(13-21-23)18-12-19(18)20(25)22-16-6-8-17(9-7-16)24-10-4-2-3-5-11-24/h6-9,13-14,18-19H,2-5,10-12H2,1H3,(H,22,25)/t18-,19-/m1/s1. The van der Waals surface area contributed by atoms with Gasteiger partial charge in [0.15, 0.2) is 0 Å². The SMILES string of the molecule is Cn1cc([C@H]2C[C@H]2C(=O)Nc2ccc(N3CCCCCC3)cc2)cn1. The summed E-state index contributed by atoms with van der Waals surface area (Å²) in [6.07, 6.45) is 10.0. The molecule has 1 amide bonds. The van der Waals surface area contributed by atoms with Gasteiger partial charge in [-0.2, -0.15) is 5.10 Å². The van der Waals surface area contributed by atoms with Gasteiger partial charge in [-0.3, -0.25) is 9.48 Å². The molecule has 0 spiro atoms. The highest BCUT2D eigenvalue weighted by Gasteiger charge is 2.44. The summed E-state index contributed by atoms with van der Waals surface area (Å²) in [5, 5.41) is 7.26. The zero-order valence-corrected chi connectivity index (χ0v) is 14.8. The summed E-state index contributed by atoms with van der Waals surface area (Å²) in [5.41, 5.74) is 3.32. The summed E-state index contributed by atoms with van der Waals surface area (Å²) in [5.74, 6) is 0.524. The first kappa shape index (κ1) is 16.2. The number of nitrogens with zero attached hydrogens (tertiary/aromatic N) is 3. The van der Waals surface area contributed by atoms with Gasteiger partial charge in [0.05, 0.1) is 6.20 Å². The van der Waals surface area contributed by atoms with Gasteiger partial charge in [-0.15, -0.1) is 0 Å². The molecule has 2 atom stereocenters. The van der Waals surface area contributed by atoms with E-state index < -0.39 is 0 Å². The Labute approximate surface area is 149 Å². The molecule has 4 rings (SSSR count). The van der Waals surface area contributed by atoms with Crippen molar-refractivity contribution in [3.8, 4) is 0 Å². The maximum absolute atomic E-state index is 12.4. The molecule has 1 aromatic carbocycles. The predicted octanol–water partition coefficient (Wildman–Crippen LogP) is 3.54. The molecule has 1 saturated heterocycles. The van der Waals surface area contributed by atoms with Gasteiger partial charge in [0.2, 0.25) is 5.91 Å². The number of nitrogens with one attached hydrogen (secondary N) is 1. The highest BCUT2D eigenvalue weighted by molar-refractivity contribution is 5.95. The fraction of sp³-hybridized carbons (Fsp3) is 0.500. The third-order valence-corrected chi connectivity index (χ3v) is 5.39. The van der Waals surface area contributed by atoms with Crippen molar-refractivity contribution in [3.05, 3.63) is 42.2 Å². The lowest BCUT2D eigenvalue weighted by atomic mass is 10.2. The molecule has 0 unspecified atom stereocenters. The Morgan fingerprint density at radius 2 is 1.84 bits per heavy atom. The van der Waals surface area contributed by atoms with Crippen molar-refractivity contribution < 1.29 is 4.79 Å². The van der Waals surface area contributed by atoms with Crippen molar-refractivity contribution in [1.82, 2.24) is 9.78 Å². The first-order valence-electron chi connectivity index (χ1n) is 9.35. The lowest BCUT2D eigenvalue weighted by Gasteiger charge is -2.22. The molecule has 5 nitrogen and oxygen atoms in total. The summed E-state index contributed by atoms with van der Waals surface area (Å²) < 4.78 is 1.80. The normalized spacial score (nSPS) is 23.2. The Morgan fingerprint density at radius 3 is 2.48 bits per heavy atom. The van der Waals surface area contributed by atoms with Gasteiger partial charge >= 0.3 is 0 Å². The van der Waals surface area contributed by atoms with Gasteiger partial charge in [0.25, 0.3) is 0 Å². The van der Waals surface area contributed by atoms with Crippen LogP contribution in [0.15, 0.2) is 36.7 Å². The third kappa shape index (κ3) is 3.70. The number of hydrogen-bond donors (Lipinski definition) is 1. The summed E-state index contributed by atoms with van der Waals surface area (Å²) >= 11 is 0. The first-order chi connectivity index (χ1) is 12.2. The van der Waals surface area contributed by atoms with E-state index in [1.807, 2.05) is 31.6 Å². The van der Waals surface area contributed by atoms with Gasteiger partial charge in [-0.05, 0) is 55.0 Å². The molecule has 1 N–H and O–H groups in total. The second-order valence-corrected chi connectivity index (χ2v) is 7.33. The average Bonchev–Trinajstić information content (AvgIpc) is 3.37. The van der Waals surface area contributed by atoms with Gasteiger partial charge < -0.3 is 10.2 Å². The third-order valence-electron chi connectivity index (χ3n) is 5.39. The van der Waals surface area contributed by atoms with Gasteiger partial charge in [-0.1, -0.05) is 12.8 Å². The van der Waals surface area contributed by atoms with Crippen LogP contribution in [0.3, 0.4) is 0 Å². The van der Waals surface area contributed by atoms with E-state index in [-0.39, 0.29) is 11.8 Å². The minimum absolute atomic E-state index is 0.0782. The van der Waals surface area contributed by atoms with E-state index in [1.54, 1.807) is 4.68 Å². The number of aromatic nitrogens is 2. The molecule has 0 bridgehead atoms. The second kappa shape index (κ2) is 6.90. The number of carbonyl (C=O) groups is 1. The average molecular weight is 338 g/mol. The van der Waals surface area contributed by atoms with Crippen molar-refractivity contribution in [2.45, 2.75) is 38.0 Å². The lowest BCUT2D eigenvalue weighted by molar-refractivity contribution is -0.117.